The highest BCUT2D eigenvalue weighted by atomic mass is 32.1. The number of pyridine rings is 1. The molecule has 0 saturated heterocycles. The van der Waals surface area contributed by atoms with Gasteiger partial charge in [0.2, 0.25) is 0 Å². The summed E-state index contributed by atoms with van der Waals surface area (Å²) in [5.41, 5.74) is 1.60. The van der Waals surface area contributed by atoms with Gasteiger partial charge >= 0.3 is 0 Å². The van der Waals surface area contributed by atoms with Crippen molar-refractivity contribution in [1.29, 1.82) is 0 Å². The smallest absolute Gasteiger partial charge is 0.124 e. The Hall–Kier alpha value is -2.08. The molecule has 5 nitrogen and oxygen atoms in total. The maximum absolute atomic E-state index is 10.6. The van der Waals surface area contributed by atoms with Gasteiger partial charge < -0.3 is 0 Å². The van der Waals surface area contributed by atoms with Crippen LogP contribution < -0.4 is 0 Å². The van der Waals surface area contributed by atoms with Crippen molar-refractivity contribution in [3.05, 3.63) is 46.5 Å². The molecule has 0 atom stereocenters. The van der Waals surface area contributed by atoms with Crippen molar-refractivity contribution in [3.63, 3.8) is 0 Å². The van der Waals surface area contributed by atoms with Crippen LogP contribution in [0, 0.1) is 9.81 Å². The van der Waals surface area contributed by atoms with E-state index in [-0.39, 0.29) is 16.3 Å². The summed E-state index contributed by atoms with van der Waals surface area (Å²) in [6.07, 6.45) is 3.25. The van der Waals surface area contributed by atoms with E-state index < -0.39 is 0 Å². The molecule has 17 heavy (non-hydrogen) atoms. The van der Waals surface area contributed by atoms with Gasteiger partial charge in [-0.2, -0.15) is 0 Å². The second kappa shape index (κ2) is 4.84. The van der Waals surface area contributed by atoms with Gasteiger partial charge in [-0.15, -0.1) is 22.4 Å². The standard InChI is InChI=1S/C11H7N3O2S/c15-13-9-4-8(5-10(14-16)11(9)17)7-2-1-3-12-6-7/h1-6,17H. The Morgan fingerprint density at radius 1 is 1.06 bits per heavy atom. The highest BCUT2D eigenvalue weighted by molar-refractivity contribution is 7.80. The topological polar surface area (TPSA) is 71.8 Å². The van der Waals surface area contributed by atoms with Crippen molar-refractivity contribution in [1.82, 2.24) is 4.98 Å². The van der Waals surface area contributed by atoms with Crippen molar-refractivity contribution in [2.75, 3.05) is 0 Å². The van der Waals surface area contributed by atoms with Crippen LogP contribution in [0.4, 0.5) is 11.4 Å². The van der Waals surface area contributed by atoms with E-state index in [0.29, 0.717) is 5.56 Å². The lowest BCUT2D eigenvalue weighted by Crippen LogP contribution is -1.81. The second-order valence-electron chi connectivity index (χ2n) is 3.29. The Morgan fingerprint density at radius 2 is 1.71 bits per heavy atom. The first-order valence-electron chi connectivity index (χ1n) is 4.70. The van der Waals surface area contributed by atoms with Crippen molar-refractivity contribution in [2.24, 2.45) is 10.4 Å². The largest absolute Gasteiger partial charge is 0.264 e. The maximum atomic E-state index is 10.6. The third kappa shape index (κ3) is 2.21. The third-order valence-electron chi connectivity index (χ3n) is 2.26. The molecule has 0 fully saturated rings. The van der Waals surface area contributed by atoms with Crippen LogP contribution in [-0.4, -0.2) is 4.98 Å². The van der Waals surface area contributed by atoms with Gasteiger partial charge in [-0.05, 0) is 34.1 Å². The summed E-state index contributed by atoms with van der Waals surface area (Å²) in [6.45, 7) is 0. The SMILES string of the molecule is O=Nc1cc(-c2cccnc2)cc(N=O)c1S. The van der Waals surface area contributed by atoms with Gasteiger partial charge in [0.05, 0.1) is 4.90 Å². The minimum absolute atomic E-state index is 0.0873. The van der Waals surface area contributed by atoms with Crippen LogP contribution in [0.5, 0.6) is 0 Å². The summed E-state index contributed by atoms with van der Waals surface area (Å²) in [5.74, 6) is 0. The molecule has 2 rings (SSSR count). The fourth-order valence-corrected chi connectivity index (χ4v) is 1.65. The number of thiol groups is 1. The van der Waals surface area contributed by atoms with Crippen LogP contribution in [0.2, 0.25) is 0 Å². The number of hydrogen-bond donors (Lipinski definition) is 1. The molecule has 0 amide bonds. The van der Waals surface area contributed by atoms with Crippen molar-refractivity contribution in [2.45, 2.75) is 4.90 Å². The third-order valence-corrected chi connectivity index (χ3v) is 2.72. The molecule has 0 saturated carbocycles. The molecule has 0 aliphatic rings. The van der Waals surface area contributed by atoms with Gasteiger partial charge in [-0.25, -0.2) is 0 Å². The van der Waals surface area contributed by atoms with Gasteiger partial charge in [0.1, 0.15) is 11.4 Å². The molecule has 0 unspecified atom stereocenters. The summed E-state index contributed by atoms with van der Waals surface area (Å²) in [5, 5.41) is 5.64. The maximum Gasteiger partial charge on any atom is 0.124 e. The zero-order valence-corrected chi connectivity index (χ0v) is 9.46. The number of benzene rings is 1. The molecule has 0 bridgehead atoms. The molecule has 0 radical (unpaired) electrons. The number of rotatable bonds is 3. The lowest BCUT2D eigenvalue weighted by molar-refractivity contribution is 1.30. The molecule has 2 aromatic rings. The first kappa shape index (κ1) is 11.4. The molecule has 0 aliphatic carbocycles. The zero-order chi connectivity index (χ0) is 12.3. The Kier molecular flexibility index (Phi) is 3.24. The number of hydrogen-bond acceptors (Lipinski definition) is 6. The summed E-state index contributed by atoms with van der Waals surface area (Å²) in [7, 11) is 0. The Labute approximate surface area is 102 Å². The predicted octanol–water partition coefficient (Wildman–Crippen LogP) is 3.83. The predicted molar refractivity (Wildman–Crippen MR) is 67.8 cm³/mol. The Balaban J connectivity index is 2.64. The second-order valence-corrected chi connectivity index (χ2v) is 3.73. The van der Waals surface area contributed by atoms with E-state index >= 15 is 0 Å². The molecule has 0 spiro atoms. The van der Waals surface area contributed by atoms with Crippen LogP contribution >= 0.6 is 12.6 Å². The van der Waals surface area contributed by atoms with Gasteiger partial charge in [0.25, 0.3) is 0 Å². The summed E-state index contributed by atoms with van der Waals surface area (Å²) in [4.78, 5) is 25.4. The monoisotopic (exact) mass is 245 g/mol. The normalized spacial score (nSPS) is 9.94. The minimum Gasteiger partial charge on any atom is -0.264 e. The average molecular weight is 245 g/mol. The molecule has 0 N–H and O–H groups in total. The minimum atomic E-state index is 0.0873. The Bertz CT molecular complexity index is 543. The zero-order valence-electron chi connectivity index (χ0n) is 8.57. The first-order chi connectivity index (χ1) is 8.26. The summed E-state index contributed by atoms with van der Waals surface area (Å²) < 4.78 is 0. The van der Waals surface area contributed by atoms with Gasteiger partial charge in [-0.1, -0.05) is 6.07 Å². The molecule has 6 heteroatoms. The molecule has 1 aromatic carbocycles. The van der Waals surface area contributed by atoms with E-state index in [0.717, 1.165) is 5.56 Å². The van der Waals surface area contributed by atoms with E-state index in [1.165, 1.54) is 0 Å². The lowest BCUT2D eigenvalue weighted by Gasteiger charge is -2.04. The fourth-order valence-electron chi connectivity index (χ4n) is 1.44. The van der Waals surface area contributed by atoms with Crippen LogP contribution in [0.25, 0.3) is 11.1 Å². The molecule has 84 valence electrons. The summed E-state index contributed by atoms with van der Waals surface area (Å²) in [6, 6.07) is 6.65. The molecule has 0 aliphatic heterocycles. The van der Waals surface area contributed by atoms with E-state index in [1.54, 1.807) is 30.6 Å². The van der Waals surface area contributed by atoms with Gasteiger partial charge in [0.15, 0.2) is 0 Å². The quantitative estimate of drug-likeness (QED) is 0.659. The first-order valence-corrected chi connectivity index (χ1v) is 5.15. The van der Waals surface area contributed by atoms with Crippen LogP contribution in [0.1, 0.15) is 0 Å². The van der Waals surface area contributed by atoms with E-state index in [9.17, 15) is 9.81 Å². The van der Waals surface area contributed by atoms with Crippen molar-refractivity contribution < 1.29 is 0 Å². The van der Waals surface area contributed by atoms with Crippen LogP contribution in [-0.2, 0) is 0 Å². The molecule has 1 aromatic heterocycles. The van der Waals surface area contributed by atoms with Crippen LogP contribution in [0.15, 0.2) is 51.9 Å². The lowest BCUT2D eigenvalue weighted by atomic mass is 10.1. The van der Waals surface area contributed by atoms with E-state index in [4.69, 9.17) is 0 Å². The average Bonchev–Trinajstić information content (AvgIpc) is 2.40. The van der Waals surface area contributed by atoms with Gasteiger partial charge in [-0.3, -0.25) is 4.98 Å². The fraction of sp³-hybridized carbons (Fsp3) is 0. The van der Waals surface area contributed by atoms with E-state index in [2.05, 4.69) is 28.0 Å². The van der Waals surface area contributed by atoms with E-state index in [1.807, 2.05) is 6.07 Å². The number of nitrogens with zero attached hydrogens (tertiary/aromatic N) is 3. The molecular weight excluding hydrogens is 238 g/mol. The number of nitroso groups, excluding NO2 is 2. The van der Waals surface area contributed by atoms with Crippen molar-refractivity contribution in [3.8, 4) is 11.1 Å². The van der Waals surface area contributed by atoms with Gasteiger partial charge in [0, 0.05) is 18.0 Å². The highest BCUT2D eigenvalue weighted by Crippen LogP contribution is 2.37. The number of aromatic nitrogens is 1. The van der Waals surface area contributed by atoms with Crippen LogP contribution in [0.3, 0.4) is 0 Å². The van der Waals surface area contributed by atoms with Crippen molar-refractivity contribution >= 4 is 24.0 Å². The molecular formula is C11H7N3O2S. The Morgan fingerprint density at radius 3 is 2.18 bits per heavy atom. The summed E-state index contributed by atoms with van der Waals surface area (Å²) >= 11 is 4.03. The molecule has 1 heterocycles. The highest BCUT2D eigenvalue weighted by Gasteiger charge is 2.10.